The quantitative estimate of drug-likeness (QED) is 0.734. The van der Waals surface area contributed by atoms with Gasteiger partial charge in [-0.2, -0.15) is 0 Å². The predicted octanol–water partition coefficient (Wildman–Crippen LogP) is 5.21. The molecule has 0 aromatic heterocycles. The van der Waals surface area contributed by atoms with E-state index in [9.17, 15) is 4.79 Å². The van der Waals surface area contributed by atoms with Crippen LogP contribution < -0.4 is 5.32 Å². The highest BCUT2D eigenvalue weighted by atomic mass is 16.5. The molecule has 0 spiro atoms. The molecule has 0 atom stereocenters. The zero-order chi connectivity index (χ0) is 20.1. The lowest BCUT2D eigenvalue weighted by Crippen LogP contribution is -2.40. The summed E-state index contributed by atoms with van der Waals surface area (Å²) in [6, 6.07) is 17.2. The van der Waals surface area contributed by atoms with Crippen molar-refractivity contribution in [2.45, 2.75) is 57.0 Å². The lowest BCUT2D eigenvalue weighted by Gasteiger charge is -2.31. The summed E-state index contributed by atoms with van der Waals surface area (Å²) in [6.45, 7) is 2.28. The Morgan fingerprint density at radius 3 is 2.28 bits per heavy atom. The van der Waals surface area contributed by atoms with Gasteiger partial charge in [0.15, 0.2) is 0 Å². The number of anilines is 1. The van der Waals surface area contributed by atoms with Gasteiger partial charge < -0.3 is 15.0 Å². The molecule has 2 fully saturated rings. The molecule has 2 aliphatic rings. The van der Waals surface area contributed by atoms with Gasteiger partial charge in [-0.15, -0.1) is 0 Å². The van der Waals surface area contributed by atoms with Crippen molar-refractivity contribution in [1.29, 1.82) is 0 Å². The Labute approximate surface area is 174 Å². The number of amides is 1. The fourth-order valence-corrected chi connectivity index (χ4v) is 4.54. The van der Waals surface area contributed by atoms with Gasteiger partial charge in [0.2, 0.25) is 0 Å². The second-order valence-electron chi connectivity index (χ2n) is 8.41. The van der Waals surface area contributed by atoms with Crippen molar-refractivity contribution in [3.05, 3.63) is 65.2 Å². The third-order valence-electron chi connectivity index (χ3n) is 6.49. The first-order chi connectivity index (χ1) is 14.2. The highest BCUT2D eigenvalue weighted by molar-refractivity contribution is 5.94. The van der Waals surface area contributed by atoms with E-state index in [0.717, 1.165) is 49.8 Å². The first kappa shape index (κ1) is 20.0. The molecule has 4 heteroatoms. The maximum Gasteiger partial charge on any atom is 0.253 e. The SMILES string of the molecule is CN(C(=O)c1ccc(NCc2ccc(C3CCCC3)cc2)cc1)C1CCOCC1. The van der Waals surface area contributed by atoms with Crippen molar-refractivity contribution in [3.63, 3.8) is 0 Å². The van der Waals surface area contributed by atoms with Crippen LogP contribution in [-0.4, -0.2) is 37.1 Å². The molecule has 1 aliphatic heterocycles. The number of ether oxygens (including phenoxy) is 1. The van der Waals surface area contributed by atoms with Gasteiger partial charge >= 0.3 is 0 Å². The molecular weight excluding hydrogens is 360 g/mol. The molecule has 154 valence electrons. The average Bonchev–Trinajstić information content (AvgIpc) is 3.33. The van der Waals surface area contributed by atoms with Crippen LogP contribution in [0.15, 0.2) is 48.5 Å². The number of nitrogens with one attached hydrogen (secondary N) is 1. The maximum absolute atomic E-state index is 12.7. The predicted molar refractivity (Wildman–Crippen MR) is 117 cm³/mol. The molecule has 4 nitrogen and oxygen atoms in total. The number of rotatable bonds is 6. The Bertz CT molecular complexity index is 789. The summed E-state index contributed by atoms with van der Waals surface area (Å²) in [5.74, 6) is 0.854. The molecule has 0 unspecified atom stereocenters. The van der Waals surface area contributed by atoms with Crippen LogP contribution >= 0.6 is 0 Å². The molecule has 1 N–H and O–H groups in total. The van der Waals surface area contributed by atoms with Crippen LogP contribution in [0.4, 0.5) is 5.69 Å². The standard InChI is InChI=1S/C25H32N2O2/c1-27(24-14-16-29-17-15-24)25(28)22-10-12-23(13-11-22)26-18-19-6-8-21(9-7-19)20-4-2-3-5-20/h6-13,20,24,26H,2-5,14-18H2,1H3. The van der Waals surface area contributed by atoms with Gasteiger partial charge in [0.05, 0.1) is 0 Å². The van der Waals surface area contributed by atoms with Crippen LogP contribution in [-0.2, 0) is 11.3 Å². The van der Waals surface area contributed by atoms with Crippen molar-refractivity contribution >= 4 is 11.6 Å². The van der Waals surface area contributed by atoms with Gasteiger partial charge in [-0.1, -0.05) is 37.1 Å². The summed E-state index contributed by atoms with van der Waals surface area (Å²) in [5.41, 5.74) is 4.55. The van der Waals surface area contributed by atoms with Crippen molar-refractivity contribution in [1.82, 2.24) is 4.90 Å². The van der Waals surface area contributed by atoms with E-state index < -0.39 is 0 Å². The summed E-state index contributed by atoms with van der Waals surface area (Å²) >= 11 is 0. The fraction of sp³-hybridized carbons (Fsp3) is 0.480. The Kier molecular flexibility index (Phi) is 6.50. The van der Waals surface area contributed by atoms with E-state index in [-0.39, 0.29) is 11.9 Å². The Hall–Kier alpha value is -2.33. The number of benzene rings is 2. The minimum Gasteiger partial charge on any atom is -0.381 e. The molecule has 1 saturated heterocycles. The second kappa shape index (κ2) is 9.45. The highest BCUT2D eigenvalue weighted by Gasteiger charge is 2.23. The summed E-state index contributed by atoms with van der Waals surface area (Å²) in [4.78, 5) is 14.6. The first-order valence-corrected chi connectivity index (χ1v) is 11.0. The Morgan fingerprint density at radius 2 is 1.62 bits per heavy atom. The lowest BCUT2D eigenvalue weighted by atomic mass is 9.97. The Balaban J connectivity index is 1.30. The van der Waals surface area contributed by atoms with E-state index >= 15 is 0 Å². The fourth-order valence-electron chi connectivity index (χ4n) is 4.54. The van der Waals surface area contributed by atoms with Gasteiger partial charge in [-0.3, -0.25) is 4.79 Å². The number of hydrogen-bond acceptors (Lipinski definition) is 3. The first-order valence-electron chi connectivity index (χ1n) is 11.0. The minimum absolute atomic E-state index is 0.0888. The van der Waals surface area contributed by atoms with Crippen LogP contribution in [0.25, 0.3) is 0 Å². The third kappa shape index (κ3) is 4.99. The van der Waals surface area contributed by atoms with Gasteiger partial charge in [-0.25, -0.2) is 0 Å². The maximum atomic E-state index is 12.7. The molecular formula is C25H32N2O2. The van der Waals surface area contributed by atoms with Crippen LogP contribution in [0, 0.1) is 0 Å². The molecule has 2 aromatic carbocycles. The summed E-state index contributed by atoms with van der Waals surface area (Å²) < 4.78 is 5.40. The molecule has 2 aromatic rings. The largest absolute Gasteiger partial charge is 0.381 e. The third-order valence-corrected chi connectivity index (χ3v) is 6.49. The van der Waals surface area contributed by atoms with Gasteiger partial charge in [0.25, 0.3) is 5.91 Å². The van der Waals surface area contributed by atoms with Crippen LogP contribution in [0.1, 0.15) is 65.9 Å². The smallest absolute Gasteiger partial charge is 0.253 e. The Morgan fingerprint density at radius 1 is 0.966 bits per heavy atom. The number of hydrogen-bond donors (Lipinski definition) is 1. The van der Waals surface area contributed by atoms with Crippen LogP contribution in [0.2, 0.25) is 0 Å². The molecule has 1 saturated carbocycles. The van der Waals surface area contributed by atoms with Crippen molar-refractivity contribution in [2.75, 3.05) is 25.6 Å². The van der Waals surface area contributed by atoms with Gasteiger partial charge in [0.1, 0.15) is 0 Å². The average molecular weight is 393 g/mol. The monoisotopic (exact) mass is 392 g/mol. The number of carbonyl (C=O) groups is 1. The molecule has 1 heterocycles. The van der Waals surface area contributed by atoms with E-state index in [1.54, 1.807) is 0 Å². The minimum atomic E-state index is 0.0888. The summed E-state index contributed by atoms with van der Waals surface area (Å²) in [7, 11) is 1.90. The molecule has 1 aliphatic carbocycles. The van der Waals surface area contributed by atoms with E-state index in [0.29, 0.717) is 0 Å². The number of nitrogens with zero attached hydrogens (tertiary/aromatic N) is 1. The molecule has 4 rings (SSSR count). The van der Waals surface area contributed by atoms with Gasteiger partial charge in [-0.05, 0) is 67.0 Å². The van der Waals surface area contributed by atoms with E-state index in [2.05, 4.69) is 29.6 Å². The van der Waals surface area contributed by atoms with E-state index in [1.807, 2.05) is 36.2 Å². The van der Waals surface area contributed by atoms with Crippen molar-refractivity contribution < 1.29 is 9.53 Å². The second-order valence-corrected chi connectivity index (χ2v) is 8.41. The molecule has 29 heavy (non-hydrogen) atoms. The summed E-state index contributed by atoms with van der Waals surface area (Å²) in [6.07, 6.45) is 7.26. The summed E-state index contributed by atoms with van der Waals surface area (Å²) in [5, 5.41) is 3.47. The number of carbonyl (C=O) groups excluding carboxylic acids is 1. The molecule has 1 amide bonds. The normalized spacial score (nSPS) is 18.0. The van der Waals surface area contributed by atoms with Crippen molar-refractivity contribution in [2.24, 2.45) is 0 Å². The topological polar surface area (TPSA) is 41.6 Å². The molecule has 0 bridgehead atoms. The van der Waals surface area contributed by atoms with Crippen LogP contribution in [0.3, 0.4) is 0 Å². The van der Waals surface area contributed by atoms with E-state index in [1.165, 1.54) is 36.8 Å². The van der Waals surface area contributed by atoms with Crippen LogP contribution in [0.5, 0.6) is 0 Å². The van der Waals surface area contributed by atoms with E-state index in [4.69, 9.17) is 4.74 Å². The highest BCUT2D eigenvalue weighted by Crippen LogP contribution is 2.34. The zero-order valence-corrected chi connectivity index (χ0v) is 17.4. The van der Waals surface area contributed by atoms with Gasteiger partial charge in [0, 0.05) is 44.1 Å². The lowest BCUT2D eigenvalue weighted by molar-refractivity contribution is 0.0362. The molecule has 0 radical (unpaired) electrons. The van der Waals surface area contributed by atoms with Crippen molar-refractivity contribution in [3.8, 4) is 0 Å². The zero-order valence-electron chi connectivity index (χ0n) is 17.4.